The summed E-state index contributed by atoms with van der Waals surface area (Å²) in [5.74, 6) is 0.0142. The maximum absolute atomic E-state index is 12.6. The first kappa shape index (κ1) is 14.8. The van der Waals surface area contributed by atoms with Crippen LogP contribution in [0, 0.1) is 5.41 Å². The Bertz CT molecular complexity index is 351. The quantitative estimate of drug-likeness (QED) is 0.783. The number of aliphatic hydroxyl groups excluding tert-OH is 1. The van der Waals surface area contributed by atoms with Crippen molar-refractivity contribution in [3.05, 3.63) is 0 Å². The molecule has 2 fully saturated rings. The SMILES string of the molecule is CCOC1CC(N)(C(=O)N2CCC(O)CC2)C1(C)C. The normalized spacial score (nSPS) is 35.0. The second kappa shape index (κ2) is 5.04. The van der Waals surface area contributed by atoms with Crippen molar-refractivity contribution >= 4 is 5.91 Å². The lowest BCUT2D eigenvalue weighted by atomic mass is 9.54. The molecule has 1 aliphatic carbocycles. The summed E-state index contributed by atoms with van der Waals surface area (Å²) in [4.78, 5) is 14.4. The number of nitrogens with two attached hydrogens (primary N) is 1. The first-order valence-electron chi connectivity index (χ1n) is 7.21. The highest BCUT2D eigenvalue weighted by molar-refractivity contribution is 5.89. The summed E-state index contributed by atoms with van der Waals surface area (Å²) in [7, 11) is 0. The lowest BCUT2D eigenvalue weighted by molar-refractivity contribution is -0.180. The lowest BCUT2D eigenvalue weighted by Crippen LogP contribution is -2.76. The van der Waals surface area contributed by atoms with Crippen LogP contribution in [-0.4, -0.2) is 53.4 Å². The number of ether oxygens (including phenoxy) is 1. The molecule has 1 saturated heterocycles. The summed E-state index contributed by atoms with van der Waals surface area (Å²) in [6, 6.07) is 0. The Labute approximate surface area is 115 Å². The van der Waals surface area contributed by atoms with Crippen LogP contribution in [-0.2, 0) is 9.53 Å². The zero-order valence-electron chi connectivity index (χ0n) is 12.2. The largest absolute Gasteiger partial charge is 0.393 e. The first-order valence-corrected chi connectivity index (χ1v) is 7.21. The van der Waals surface area contributed by atoms with Gasteiger partial charge in [-0.1, -0.05) is 13.8 Å². The molecule has 1 amide bonds. The van der Waals surface area contributed by atoms with E-state index in [1.165, 1.54) is 0 Å². The number of rotatable bonds is 3. The van der Waals surface area contributed by atoms with Crippen LogP contribution in [0.5, 0.6) is 0 Å². The first-order chi connectivity index (χ1) is 8.83. The minimum absolute atomic E-state index is 0.0142. The number of carbonyl (C=O) groups excluding carboxylic acids is 1. The fraction of sp³-hybridized carbons (Fsp3) is 0.929. The average molecular weight is 270 g/mol. The Kier molecular flexibility index (Phi) is 3.91. The van der Waals surface area contributed by atoms with E-state index in [1.807, 2.05) is 20.8 Å². The number of nitrogens with zero attached hydrogens (tertiary/aromatic N) is 1. The van der Waals surface area contributed by atoms with Gasteiger partial charge in [-0.25, -0.2) is 0 Å². The molecule has 5 nitrogen and oxygen atoms in total. The Hall–Kier alpha value is -0.650. The van der Waals surface area contributed by atoms with E-state index in [9.17, 15) is 9.90 Å². The van der Waals surface area contributed by atoms with Gasteiger partial charge in [0.15, 0.2) is 0 Å². The van der Waals surface area contributed by atoms with Crippen LogP contribution in [0.4, 0.5) is 0 Å². The Morgan fingerprint density at radius 1 is 1.42 bits per heavy atom. The molecule has 2 unspecified atom stereocenters. The molecular formula is C14H26N2O3. The molecule has 110 valence electrons. The molecular weight excluding hydrogens is 244 g/mol. The monoisotopic (exact) mass is 270 g/mol. The molecule has 2 aliphatic rings. The summed E-state index contributed by atoms with van der Waals surface area (Å²) < 4.78 is 5.65. The van der Waals surface area contributed by atoms with Gasteiger partial charge in [0.25, 0.3) is 0 Å². The number of likely N-dealkylation sites (tertiary alicyclic amines) is 1. The fourth-order valence-electron chi connectivity index (χ4n) is 3.15. The van der Waals surface area contributed by atoms with Gasteiger partial charge in [-0.2, -0.15) is 0 Å². The highest BCUT2D eigenvalue weighted by Crippen LogP contribution is 2.50. The highest BCUT2D eigenvalue weighted by Gasteiger charge is 2.63. The predicted octanol–water partition coefficient (Wildman–Crippen LogP) is 0.502. The standard InChI is InChI=1S/C14H26N2O3/c1-4-19-11-9-14(15,13(11,2)3)12(18)16-7-5-10(17)6-8-16/h10-11,17H,4-9,15H2,1-3H3. The maximum atomic E-state index is 12.6. The summed E-state index contributed by atoms with van der Waals surface area (Å²) >= 11 is 0. The third-order valence-electron chi connectivity index (χ3n) is 4.96. The number of aliphatic hydroxyl groups is 1. The van der Waals surface area contributed by atoms with Gasteiger partial charge in [-0.05, 0) is 19.8 Å². The van der Waals surface area contributed by atoms with Crippen LogP contribution < -0.4 is 5.73 Å². The summed E-state index contributed by atoms with van der Waals surface area (Å²) in [6.45, 7) is 7.83. The van der Waals surface area contributed by atoms with E-state index in [2.05, 4.69) is 0 Å². The summed E-state index contributed by atoms with van der Waals surface area (Å²) in [6.07, 6.45) is 1.67. The summed E-state index contributed by atoms with van der Waals surface area (Å²) in [5.41, 5.74) is 5.22. The van der Waals surface area contributed by atoms with E-state index in [1.54, 1.807) is 4.90 Å². The van der Waals surface area contributed by atoms with E-state index in [0.29, 0.717) is 39.0 Å². The molecule has 5 heteroatoms. The molecule has 1 aliphatic heterocycles. The molecule has 1 saturated carbocycles. The van der Waals surface area contributed by atoms with Gasteiger partial charge in [-0.15, -0.1) is 0 Å². The minimum atomic E-state index is -0.824. The van der Waals surface area contributed by atoms with Gasteiger partial charge in [-0.3, -0.25) is 4.79 Å². The van der Waals surface area contributed by atoms with Crippen LogP contribution in [0.1, 0.15) is 40.0 Å². The van der Waals surface area contributed by atoms with Crippen molar-refractivity contribution in [3.63, 3.8) is 0 Å². The molecule has 1 heterocycles. The van der Waals surface area contributed by atoms with Crippen molar-refractivity contribution in [1.82, 2.24) is 4.90 Å². The Morgan fingerprint density at radius 3 is 2.47 bits per heavy atom. The molecule has 3 N–H and O–H groups in total. The zero-order valence-corrected chi connectivity index (χ0v) is 12.2. The zero-order chi connectivity index (χ0) is 14.3. The number of amides is 1. The third kappa shape index (κ3) is 2.28. The van der Waals surface area contributed by atoms with Gasteiger partial charge in [0.1, 0.15) is 5.54 Å². The molecule has 2 rings (SSSR count). The number of piperidine rings is 1. The van der Waals surface area contributed by atoms with Crippen molar-refractivity contribution in [2.24, 2.45) is 11.1 Å². The van der Waals surface area contributed by atoms with E-state index < -0.39 is 5.54 Å². The molecule has 0 aromatic carbocycles. The van der Waals surface area contributed by atoms with Gasteiger partial charge < -0.3 is 20.5 Å². The molecule has 0 radical (unpaired) electrons. The second-order valence-corrected chi connectivity index (χ2v) is 6.36. The molecule has 0 bridgehead atoms. The molecule has 2 atom stereocenters. The third-order valence-corrected chi connectivity index (χ3v) is 4.96. The van der Waals surface area contributed by atoms with E-state index in [-0.39, 0.29) is 23.5 Å². The molecule has 0 aromatic heterocycles. The van der Waals surface area contributed by atoms with Gasteiger partial charge >= 0.3 is 0 Å². The van der Waals surface area contributed by atoms with Gasteiger partial charge in [0.05, 0.1) is 12.2 Å². The van der Waals surface area contributed by atoms with Gasteiger partial charge in [0, 0.05) is 31.5 Å². The predicted molar refractivity (Wildman–Crippen MR) is 72.6 cm³/mol. The summed E-state index contributed by atoms with van der Waals surface area (Å²) in [5, 5.41) is 9.51. The number of hydrogen-bond acceptors (Lipinski definition) is 4. The fourth-order valence-corrected chi connectivity index (χ4v) is 3.15. The number of hydrogen-bond donors (Lipinski definition) is 2. The van der Waals surface area contributed by atoms with Crippen LogP contribution in [0.2, 0.25) is 0 Å². The van der Waals surface area contributed by atoms with Gasteiger partial charge in [0.2, 0.25) is 5.91 Å². The molecule has 0 aromatic rings. The lowest BCUT2D eigenvalue weighted by Gasteiger charge is -2.59. The number of carbonyl (C=O) groups is 1. The van der Waals surface area contributed by atoms with E-state index in [0.717, 1.165) is 0 Å². The van der Waals surface area contributed by atoms with Crippen molar-refractivity contribution in [3.8, 4) is 0 Å². The Morgan fingerprint density at radius 2 is 2.00 bits per heavy atom. The molecule has 19 heavy (non-hydrogen) atoms. The minimum Gasteiger partial charge on any atom is -0.393 e. The van der Waals surface area contributed by atoms with Crippen LogP contribution in [0.25, 0.3) is 0 Å². The van der Waals surface area contributed by atoms with E-state index in [4.69, 9.17) is 10.5 Å². The van der Waals surface area contributed by atoms with Crippen molar-refractivity contribution in [2.45, 2.75) is 57.8 Å². The van der Waals surface area contributed by atoms with Crippen molar-refractivity contribution in [1.29, 1.82) is 0 Å². The van der Waals surface area contributed by atoms with Crippen molar-refractivity contribution < 1.29 is 14.6 Å². The second-order valence-electron chi connectivity index (χ2n) is 6.36. The highest BCUT2D eigenvalue weighted by atomic mass is 16.5. The Balaban J connectivity index is 2.03. The van der Waals surface area contributed by atoms with E-state index >= 15 is 0 Å². The van der Waals surface area contributed by atoms with Crippen LogP contribution in [0.3, 0.4) is 0 Å². The maximum Gasteiger partial charge on any atom is 0.243 e. The van der Waals surface area contributed by atoms with Crippen LogP contribution >= 0.6 is 0 Å². The topological polar surface area (TPSA) is 75.8 Å². The smallest absolute Gasteiger partial charge is 0.243 e. The molecule has 0 spiro atoms. The van der Waals surface area contributed by atoms with Crippen LogP contribution in [0.15, 0.2) is 0 Å². The van der Waals surface area contributed by atoms with Crippen molar-refractivity contribution in [2.75, 3.05) is 19.7 Å². The average Bonchev–Trinajstić information content (AvgIpc) is 2.38.